The van der Waals surface area contributed by atoms with Gasteiger partial charge in [-0.15, -0.1) is 0 Å². The smallest absolute Gasteiger partial charge is 0.254 e. The number of hydrogen-bond acceptors (Lipinski definition) is 4. The molecule has 1 spiro atoms. The van der Waals surface area contributed by atoms with Crippen LogP contribution in [0.2, 0.25) is 0 Å². The summed E-state index contributed by atoms with van der Waals surface area (Å²) in [4.78, 5) is 38.1. The Hall–Kier alpha value is -2.67. The van der Waals surface area contributed by atoms with Crippen LogP contribution >= 0.6 is 0 Å². The van der Waals surface area contributed by atoms with Gasteiger partial charge >= 0.3 is 0 Å². The van der Waals surface area contributed by atoms with Crippen LogP contribution in [-0.4, -0.2) is 73.8 Å². The van der Waals surface area contributed by atoms with Gasteiger partial charge < -0.3 is 14.4 Å². The second-order valence-corrected chi connectivity index (χ2v) is 9.57. The molecule has 1 unspecified atom stereocenters. The molecular formula is C24H31N5O2. The van der Waals surface area contributed by atoms with Gasteiger partial charge in [0.25, 0.3) is 5.91 Å². The first-order chi connectivity index (χ1) is 14.9. The first-order valence-electron chi connectivity index (χ1n) is 11.3. The topological polar surface area (TPSA) is 61.7 Å². The third-order valence-electron chi connectivity index (χ3n) is 7.22. The fraction of sp³-hybridized carbons (Fsp3) is 0.542. The number of aromatic nitrogens is 2. The zero-order valence-electron chi connectivity index (χ0n) is 18.6. The Bertz CT molecular complexity index is 1000. The lowest BCUT2D eigenvalue weighted by molar-refractivity contribution is -0.144. The number of nitrogens with zero attached hydrogens (tertiary/aromatic N) is 5. The number of rotatable bonds is 4. The number of likely N-dealkylation sites (tertiary alicyclic amines) is 2. The minimum atomic E-state index is -0.502. The number of aryl methyl sites for hydroxylation is 1. The van der Waals surface area contributed by atoms with Crippen molar-refractivity contribution in [2.24, 2.45) is 7.05 Å². The van der Waals surface area contributed by atoms with E-state index in [0.29, 0.717) is 18.7 Å². The van der Waals surface area contributed by atoms with Gasteiger partial charge in [-0.1, -0.05) is 18.2 Å². The molecule has 31 heavy (non-hydrogen) atoms. The van der Waals surface area contributed by atoms with Crippen LogP contribution in [0.4, 0.5) is 0 Å². The van der Waals surface area contributed by atoms with E-state index in [0.717, 1.165) is 43.7 Å². The van der Waals surface area contributed by atoms with Crippen LogP contribution in [-0.2, 0) is 18.4 Å². The SMILES string of the molecule is CC(C)N1C(=O)c2ccccc2C(C(=O)N2CCCC2)C12CN(Cc1cncn1C)C2. The van der Waals surface area contributed by atoms with Crippen molar-refractivity contribution in [3.8, 4) is 0 Å². The Morgan fingerprint density at radius 1 is 1.19 bits per heavy atom. The lowest BCUT2D eigenvalue weighted by Gasteiger charge is -2.62. The quantitative estimate of drug-likeness (QED) is 0.760. The van der Waals surface area contributed by atoms with E-state index >= 15 is 0 Å². The van der Waals surface area contributed by atoms with Gasteiger partial charge in [-0.25, -0.2) is 4.98 Å². The van der Waals surface area contributed by atoms with Gasteiger partial charge in [-0.05, 0) is 38.3 Å². The maximum Gasteiger partial charge on any atom is 0.254 e. The van der Waals surface area contributed by atoms with Crippen molar-refractivity contribution in [2.45, 2.75) is 50.7 Å². The van der Waals surface area contributed by atoms with Crippen LogP contribution in [0.5, 0.6) is 0 Å². The molecule has 2 saturated heterocycles. The Labute approximate surface area is 183 Å². The molecular weight excluding hydrogens is 390 g/mol. The van der Waals surface area contributed by atoms with Crippen molar-refractivity contribution in [1.29, 1.82) is 0 Å². The maximum atomic E-state index is 13.9. The summed E-state index contributed by atoms with van der Waals surface area (Å²) in [6, 6.07) is 7.76. The highest BCUT2D eigenvalue weighted by molar-refractivity contribution is 6.02. The third-order valence-corrected chi connectivity index (χ3v) is 7.22. The van der Waals surface area contributed by atoms with Crippen LogP contribution in [0, 0.1) is 0 Å². The van der Waals surface area contributed by atoms with E-state index in [-0.39, 0.29) is 23.8 Å². The molecule has 1 aromatic heterocycles. The fourth-order valence-corrected chi connectivity index (χ4v) is 5.88. The molecule has 164 valence electrons. The van der Waals surface area contributed by atoms with Gasteiger partial charge in [-0.3, -0.25) is 14.5 Å². The van der Waals surface area contributed by atoms with Crippen LogP contribution in [0.15, 0.2) is 36.8 Å². The average Bonchev–Trinajstić information content (AvgIpc) is 3.39. The fourth-order valence-electron chi connectivity index (χ4n) is 5.88. The van der Waals surface area contributed by atoms with Crippen LogP contribution in [0.3, 0.4) is 0 Å². The molecule has 4 heterocycles. The van der Waals surface area contributed by atoms with Gasteiger partial charge in [0.1, 0.15) is 0 Å². The second kappa shape index (κ2) is 7.48. The van der Waals surface area contributed by atoms with Crippen molar-refractivity contribution in [3.63, 3.8) is 0 Å². The van der Waals surface area contributed by atoms with Crippen LogP contribution < -0.4 is 0 Å². The Morgan fingerprint density at radius 2 is 1.90 bits per heavy atom. The molecule has 0 saturated carbocycles. The van der Waals surface area contributed by atoms with Gasteiger partial charge in [0.2, 0.25) is 5.91 Å². The summed E-state index contributed by atoms with van der Waals surface area (Å²) in [7, 11) is 2.00. The molecule has 1 aromatic carbocycles. The Kier molecular flexibility index (Phi) is 4.88. The normalized spacial score (nSPS) is 22.8. The molecule has 1 atom stereocenters. The standard InChI is InChI=1S/C24H31N5O2/c1-17(2)29-22(30)20-9-5-4-8-19(20)21(23(31)28-10-6-7-11-28)24(29)14-27(15-24)13-18-12-25-16-26(18)3/h4-5,8-9,12,16-17,21H,6-7,10-11,13-15H2,1-3H3. The highest BCUT2D eigenvalue weighted by Gasteiger charge is 2.61. The van der Waals surface area contributed by atoms with E-state index in [2.05, 4.69) is 23.7 Å². The molecule has 5 rings (SSSR count). The molecule has 0 bridgehead atoms. The summed E-state index contributed by atoms with van der Waals surface area (Å²) >= 11 is 0. The lowest BCUT2D eigenvalue weighted by atomic mass is 9.67. The molecule has 0 radical (unpaired) electrons. The predicted molar refractivity (Wildman–Crippen MR) is 118 cm³/mol. The number of imidazole rings is 1. The van der Waals surface area contributed by atoms with Gasteiger partial charge in [0.15, 0.2) is 0 Å². The van der Waals surface area contributed by atoms with Gasteiger partial charge in [-0.2, -0.15) is 0 Å². The molecule has 2 fully saturated rings. The van der Waals surface area contributed by atoms with E-state index in [4.69, 9.17) is 0 Å². The second-order valence-electron chi connectivity index (χ2n) is 9.57. The van der Waals surface area contributed by atoms with E-state index in [1.807, 2.05) is 58.2 Å². The summed E-state index contributed by atoms with van der Waals surface area (Å²) in [5.41, 5.74) is 2.22. The zero-order valence-corrected chi connectivity index (χ0v) is 18.6. The average molecular weight is 422 g/mol. The highest BCUT2D eigenvalue weighted by atomic mass is 16.2. The van der Waals surface area contributed by atoms with E-state index in [1.54, 1.807) is 0 Å². The first kappa shape index (κ1) is 20.2. The molecule has 0 N–H and O–H groups in total. The molecule has 3 aliphatic heterocycles. The molecule has 7 heteroatoms. The Morgan fingerprint density at radius 3 is 2.55 bits per heavy atom. The van der Waals surface area contributed by atoms with Crippen molar-refractivity contribution in [1.82, 2.24) is 24.3 Å². The number of benzene rings is 1. The summed E-state index contributed by atoms with van der Waals surface area (Å²) < 4.78 is 2.03. The number of hydrogen-bond donors (Lipinski definition) is 0. The summed E-state index contributed by atoms with van der Waals surface area (Å²) in [5, 5.41) is 0. The predicted octanol–water partition coefficient (Wildman–Crippen LogP) is 2.24. The third kappa shape index (κ3) is 3.09. The van der Waals surface area contributed by atoms with Crippen molar-refractivity contribution >= 4 is 11.8 Å². The minimum Gasteiger partial charge on any atom is -0.342 e. The summed E-state index contributed by atoms with van der Waals surface area (Å²) in [6.45, 7) is 7.93. The number of fused-ring (bicyclic) bond motifs is 1. The molecule has 2 aromatic rings. The van der Waals surface area contributed by atoms with Crippen molar-refractivity contribution < 1.29 is 9.59 Å². The lowest BCUT2D eigenvalue weighted by Crippen LogP contribution is -2.77. The van der Waals surface area contributed by atoms with E-state index < -0.39 is 5.54 Å². The monoisotopic (exact) mass is 421 g/mol. The molecule has 7 nitrogen and oxygen atoms in total. The largest absolute Gasteiger partial charge is 0.342 e. The zero-order chi connectivity index (χ0) is 21.8. The van der Waals surface area contributed by atoms with Crippen LogP contribution in [0.25, 0.3) is 0 Å². The van der Waals surface area contributed by atoms with Gasteiger partial charge in [0.05, 0.1) is 23.5 Å². The summed E-state index contributed by atoms with van der Waals surface area (Å²) in [6.07, 6.45) is 5.82. The number of carbonyl (C=O) groups is 2. The van der Waals surface area contributed by atoms with E-state index in [1.165, 1.54) is 0 Å². The highest BCUT2D eigenvalue weighted by Crippen LogP contribution is 2.48. The Balaban J connectivity index is 1.55. The van der Waals surface area contributed by atoms with Crippen molar-refractivity contribution in [3.05, 3.63) is 53.6 Å². The summed E-state index contributed by atoms with van der Waals surface area (Å²) in [5.74, 6) is -0.0794. The molecule has 0 aliphatic carbocycles. The van der Waals surface area contributed by atoms with E-state index in [9.17, 15) is 9.59 Å². The maximum absolute atomic E-state index is 13.9. The first-order valence-corrected chi connectivity index (χ1v) is 11.3. The van der Waals surface area contributed by atoms with Crippen molar-refractivity contribution in [2.75, 3.05) is 26.2 Å². The minimum absolute atomic E-state index is 0.0218. The molecule has 3 aliphatic rings. The van der Waals surface area contributed by atoms with Crippen LogP contribution in [0.1, 0.15) is 54.2 Å². The van der Waals surface area contributed by atoms with Gasteiger partial charge in [0, 0.05) is 57.6 Å². The number of carbonyl (C=O) groups excluding carboxylic acids is 2. The molecule has 2 amide bonds. The number of amides is 2.